The minimum atomic E-state index is -4.95. The average molecular weight is 406 g/mol. The lowest BCUT2D eigenvalue weighted by Gasteiger charge is -2.16. The van der Waals surface area contributed by atoms with Crippen LogP contribution >= 0.6 is 0 Å². The van der Waals surface area contributed by atoms with Gasteiger partial charge >= 0.3 is 12.3 Å². The van der Waals surface area contributed by atoms with E-state index in [1.165, 1.54) is 43.3 Å². The third-order valence-corrected chi connectivity index (χ3v) is 3.86. The van der Waals surface area contributed by atoms with Crippen molar-refractivity contribution in [3.63, 3.8) is 0 Å². The van der Waals surface area contributed by atoms with E-state index >= 15 is 0 Å². The van der Waals surface area contributed by atoms with E-state index in [9.17, 15) is 32.7 Å². The van der Waals surface area contributed by atoms with Gasteiger partial charge in [0, 0.05) is 18.7 Å². The number of nitrogens with one attached hydrogen (secondary N) is 1. The van der Waals surface area contributed by atoms with E-state index in [2.05, 4.69) is 10.1 Å². The quantitative estimate of drug-likeness (QED) is 0.759. The van der Waals surface area contributed by atoms with E-state index in [4.69, 9.17) is 0 Å². The highest BCUT2D eigenvalue weighted by molar-refractivity contribution is 6.44. The van der Waals surface area contributed by atoms with Gasteiger partial charge in [-0.05, 0) is 29.8 Å². The molecular weight excluding hydrogens is 393 g/mol. The fraction of sp³-hybridized carbons (Fsp3) is 0.105. The third-order valence-electron chi connectivity index (χ3n) is 3.86. The zero-order chi connectivity index (χ0) is 21.3. The average Bonchev–Trinajstić information content (AvgIpc) is 2.83. The molecule has 10 heteroatoms. The van der Waals surface area contributed by atoms with Crippen LogP contribution in [-0.4, -0.2) is 29.2 Å². The van der Waals surface area contributed by atoms with E-state index in [0.717, 1.165) is 12.1 Å². The van der Waals surface area contributed by atoms with Crippen LogP contribution in [0.1, 0.15) is 12.5 Å². The molecule has 0 aliphatic carbocycles. The second kappa shape index (κ2) is 7.30. The number of imide groups is 1. The van der Waals surface area contributed by atoms with Crippen LogP contribution in [0.5, 0.6) is 5.75 Å². The molecule has 0 atom stereocenters. The number of nitrogens with zero attached hydrogens (tertiary/aromatic N) is 1. The molecule has 0 bridgehead atoms. The molecule has 0 saturated carbocycles. The first kappa shape index (κ1) is 19.9. The van der Waals surface area contributed by atoms with Crippen molar-refractivity contribution in [2.45, 2.75) is 13.3 Å². The predicted molar refractivity (Wildman–Crippen MR) is 95.9 cm³/mol. The number of halogens is 3. The molecule has 0 radical (unpaired) electrons. The summed E-state index contributed by atoms with van der Waals surface area (Å²) in [6, 6.07) is 10.0. The van der Waals surface area contributed by atoms with Crippen molar-refractivity contribution in [3.8, 4) is 5.75 Å². The number of benzene rings is 2. The summed E-state index contributed by atoms with van der Waals surface area (Å²) in [5.74, 6) is -3.77. The van der Waals surface area contributed by atoms with Crippen LogP contribution in [-0.2, 0) is 14.4 Å². The van der Waals surface area contributed by atoms with Crippen molar-refractivity contribution < 1.29 is 37.4 Å². The van der Waals surface area contributed by atoms with Crippen molar-refractivity contribution in [3.05, 3.63) is 59.9 Å². The lowest BCUT2D eigenvalue weighted by molar-refractivity contribution is -0.274. The topological polar surface area (TPSA) is 95.9 Å². The molecule has 1 aliphatic rings. The summed E-state index contributed by atoms with van der Waals surface area (Å²) in [6.45, 7) is 1.32. The van der Waals surface area contributed by atoms with Crippen LogP contribution in [0.3, 0.4) is 0 Å². The molecule has 3 rings (SSSR count). The molecule has 0 fully saturated rings. The van der Waals surface area contributed by atoms with Gasteiger partial charge in [0.25, 0.3) is 5.91 Å². The zero-order valence-corrected chi connectivity index (χ0v) is 14.8. The first-order chi connectivity index (χ1) is 13.6. The van der Waals surface area contributed by atoms with Crippen molar-refractivity contribution in [2.75, 3.05) is 10.2 Å². The van der Waals surface area contributed by atoms with Gasteiger partial charge < -0.3 is 15.2 Å². The Morgan fingerprint density at radius 3 is 2.31 bits per heavy atom. The molecule has 0 spiro atoms. The van der Waals surface area contributed by atoms with Gasteiger partial charge in [0.15, 0.2) is 5.76 Å². The smallest absolute Gasteiger partial charge is 0.502 e. The largest absolute Gasteiger partial charge is 0.573 e. The first-order valence-corrected chi connectivity index (χ1v) is 8.12. The summed E-state index contributed by atoms with van der Waals surface area (Å²) in [4.78, 5) is 36.7. The lowest BCUT2D eigenvalue weighted by atomic mass is 10.1. The number of rotatable bonds is 4. The normalized spacial score (nSPS) is 14.4. The highest BCUT2D eigenvalue weighted by atomic mass is 19.4. The van der Waals surface area contributed by atoms with Gasteiger partial charge in [-0.25, -0.2) is 4.90 Å². The Hall–Kier alpha value is -3.82. The number of aliphatic hydroxyl groups is 1. The lowest BCUT2D eigenvalue weighted by Crippen LogP contribution is -2.31. The number of hydrogen-bond donors (Lipinski definition) is 2. The zero-order valence-electron chi connectivity index (χ0n) is 14.8. The highest BCUT2D eigenvalue weighted by Gasteiger charge is 2.40. The van der Waals surface area contributed by atoms with Gasteiger partial charge in [-0.3, -0.25) is 14.4 Å². The van der Waals surface area contributed by atoms with Crippen molar-refractivity contribution in [1.82, 2.24) is 0 Å². The summed E-state index contributed by atoms with van der Waals surface area (Å²) < 4.78 is 41.0. The maximum Gasteiger partial charge on any atom is 0.573 e. The Labute approximate surface area is 162 Å². The van der Waals surface area contributed by atoms with Gasteiger partial charge in [0.05, 0.1) is 11.3 Å². The van der Waals surface area contributed by atoms with Crippen molar-refractivity contribution >= 4 is 34.7 Å². The van der Waals surface area contributed by atoms with E-state index in [0.29, 0.717) is 10.6 Å². The molecule has 1 aliphatic heterocycles. The SMILES string of the molecule is CC(=O)Nc1ccc(C2=C(O)C(=O)N(c3cccc(OC(F)(F)F)c3)C2=O)cc1. The number of ether oxygens (including phenoxy) is 1. The van der Waals surface area contributed by atoms with Crippen LogP contribution in [0.15, 0.2) is 54.3 Å². The molecule has 0 unspecified atom stereocenters. The Kier molecular flexibility index (Phi) is 5.02. The summed E-state index contributed by atoms with van der Waals surface area (Å²) in [7, 11) is 0. The van der Waals surface area contributed by atoms with Crippen molar-refractivity contribution in [1.29, 1.82) is 0 Å². The van der Waals surface area contributed by atoms with E-state index in [1.807, 2.05) is 0 Å². The minimum Gasteiger partial charge on any atom is -0.502 e. The van der Waals surface area contributed by atoms with E-state index in [1.54, 1.807) is 0 Å². The number of alkyl halides is 3. The van der Waals surface area contributed by atoms with Crippen LogP contribution in [0.25, 0.3) is 5.57 Å². The molecule has 0 aromatic heterocycles. The fourth-order valence-corrected chi connectivity index (χ4v) is 2.76. The van der Waals surface area contributed by atoms with Crippen molar-refractivity contribution in [2.24, 2.45) is 0 Å². The van der Waals surface area contributed by atoms with Gasteiger partial charge in [-0.2, -0.15) is 0 Å². The molecule has 29 heavy (non-hydrogen) atoms. The summed E-state index contributed by atoms with van der Waals surface area (Å²) in [6.07, 6.45) is -4.95. The molecule has 2 aromatic rings. The molecule has 150 valence electrons. The second-order valence-corrected chi connectivity index (χ2v) is 5.97. The molecule has 3 amide bonds. The molecule has 1 heterocycles. The van der Waals surface area contributed by atoms with Crippen LogP contribution in [0.2, 0.25) is 0 Å². The van der Waals surface area contributed by atoms with Gasteiger partial charge in [-0.15, -0.1) is 13.2 Å². The monoisotopic (exact) mass is 406 g/mol. The van der Waals surface area contributed by atoms with Crippen LogP contribution < -0.4 is 15.0 Å². The summed E-state index contributed by atoms with van der Waals surface area (Å²) >= 11 is 0. The molecule has 7 nitrogen and oxygen atoms in total. The number of carbonyl (C=O) groups excluding carboxylic acids is 3. The van der Waals surface area contributed by atoms with Crippen LogP contribution in [0, 0.1) is 0 Å². The third kappa shape index (κ3) is 4.21. The number of hydrogen-bond acceptors (Lipinski definition) is 5. The van der Waals surface area contributed by atoms with E-state index in [-0.39, 0.29) is 22.7 Å². The number of amides is 3. The second-order valence-electron chi connectivity index (χ2n) is 5.97. The predicted octanol–water partition coefficient (Wildman–Crippen LogP) is 3.39. The number of carbonyl (C=O) groups is 3. The number of anilines is 2. The molecule has 0 saturated heterocycles. The Balaban J connectivity index is 1.91. The Bertz CT molecular complexity index is 1030. The Morgan fingerprint density at radius 1 is 1.07 bits per heavy atom. The number of aliphatic hydroxyl groups excluding tert-OH is 1. The molecular formula is C19H13F3N2O5. The van der Waals surface area contributed by atoms with E-state index < -0.39 is 29.7 Å². The maximum absolute atomic E-state index is 12.7. The maximum atomic E-state index is 12.7. The summed E-state index contributed by atoms with van der Waals surface area (Å²) in [5.41, 5.74) is 0.122. The van der Waals surface area contributed by atoms with Gasteiger partial charge in [0.2, 0.25) is 5.91 Å². The Morgan fingerprint density at radius 2 is 1.72 bits per heavy atom. The summed E-state index contributed by atoms with van der Waals surface area (Å²) in [5, 5.41) is 12.7. The first-order valence-electron chi connectivity index (χ1n) is 8.12. The van der Waals surface area contributed by atoms with Gasteiger partial charge in [-0.1, -0.05) is 18.2 Å². The molecule has 2 aromatic carbocycles. The molecule has 2 N–H and O–H groups in total. The standard InChI is InChI=1S/C19H13F3N2O5/c1-10(25)23-12-7-5-11(6-8-12)15-16(26)18(28)24(17(15)27)13-3-2-4-14(9-13)29-19(20,21)22/h2-9,26H,1H3,(H,23,25). The highest BCUT2D eigenvalue weighted by Crippen LogP contribution is 2.34. The van der Waals surface area contributed by atoms with Crippen LogP contribution in [0.4, 0.5) is 24.5 Å². The fourth-order valence-electron chi connectivity index (χ4n) is 2.76. The minimum absolute atomic E-state index is 0.195. The van der Waals surface area contributed by atoms with Gasteiger partial charge in [0.1, 0.15) is 5.75 Å².